The van der Waals surface area contributed by atoms with Crippen molar-refractivity contribution in [2.45, 2.75) is 38.7 Å². The topological polar surface area (TPSA) is 77.4 Å². The summed E-state index contributed by atoms with van der Waals surface area (Å²) in [5.74, 6) is 1.47. The van der Waals surface area contributed by atoms with Crippen LogP contribution >= 0.6 is 0 Å². The predicted octanol–water partition coefficient (Wildman–Crippen LogP) is 1.31. The highest BCUT2D eigenvalue weighted by Crippen LogP contribution is 2.23. The van der Waals surface area contributed by atoms with E-state index in [2.05, 4.69) is 28.9 Å². The minimum atomic E-state index is -0.0775. The van der Waals surface area contributed by atoms with Gasteiger partial charge in [-0.05, 0) is 13.0 Å². The molecule has 1 aromatic rings. The summed E-state index contributed by atoms with van der Waals surface area (Å²) in [6, 6.07) is 0. The molecule has 1 aliphatic rings. The molecule has 6 heteroatoms. The summed E-state index contributed by atoms with van der Waals surface area (Å²) in [5, 5.41) is 4.07. The van der Waals surface area contributed by atoms with Crippen molar-refractivity contribution in [3.05, 3.63) is 11.7 Å². The quantitative estimate of drug-likeness (QED) is 0.838. The Hall–Kier alpha value is -0.980. The minimum absolute atomic E-state index is 0.0775. The van der Waals surface area contributed by atoms with Crippen LogP contribution in [0.2, 0.25) is 0 Å². The summed E-state index contributed by atoms with van der Waals surface area (Å²) in [7, 11) is 0. The molecule has 2 N–H and O–H groups in total. The van der Waals surface area contributed by atoms with E-state index in [9.17, 15) is 0 Å². The van der Waals surface area contributed by atoms with Crippen LogP contribution in [0.15, 0.2) is 4.52 Å². The molecule has 0 radical (unpaired) electrons. The molecule has 0 spiro atoms. The van der Waals surface area contributed by atoms with Gasteiger partial charge in [0.05, 0.1) is 12.5 Å². The van der Waals surface area contributed by atoms with Gasteiger partial charge in [0.1, 0.15) is 6.10 Å². The number of hydrogen-bond donors (Lipinski definition) is 1. The van der Waals surface area contributed by atoms with E-state index in [1.807, 2.05) is 0 Å². The number of morpholine rings is 1. The Morgan fingerprint density at radius 1 is 1.47 bits per heavy atom. The third-order valence-corrected chi connectivity index (χ3v) is 3.61. The fourth-order valence-corrected chi connectivity index (χ4v) is 2.38. The highest BCUT2D eigenvalue weighted by molar-refractivity contribution is 4.98. The Kier molecular flexibility index (Phi) is 5.30. The second-order valence-corrected chi connectivity index (χ2v) is 4.96. The van der Waals surface area contributed by atoms with Crippen molar-refractivity contribution in [1.29, 1.82) is 0 Å². The third-order valence-electron chi connectivity index (χ3n) is 3.61. The van der Waals surface area contributed by atoms with Crippen molar-refractivity contribution < 1.29 is 9.26 Å². The van der Waals surface area contributed by atoms with Gasteiger partial charge in [0.25, 0.3) is 0 Å². The van der Waals surface area contributed by atoms with Crippen LogP contribution in [0, 0.1) is 0 Å². The monoisotopic (exact) mass is 268 g/mol. The van der Waals surface area contributed by atoms with E-state index in [4.69, 9.17) is 15.0 Å². The number of likely N-dealkylation sites (N-methyl/N-ethyl adjacent to an activating group) is 1. The molecule has 1 aromatic heterocycles. The Morgan fingerprint density at radius 3 is 3.00 bits per heavy atom. The Labute approximate surface area is 114 Å². The van der Waals surface area contributed by atoms with Gasteiger partial charge in [0.15, 0.2) is 0 Å². The van der Waals surface area contributed by atoms with Crippen molar-refractivity contribution in [3.63, 3.8) is 0 Å². The maximum atomic E-state index is 5.75. The molecule has 0 bridgehead atoms. The first-order valence-corrected chi connectivity index (χ1v) is 7.16. The number of rotatable bonds is 6. The zero-order valence-corrected chi connectivity index (χ0v) is 11.8. The first-order valence-electron chi connectivity index (χ1n) is 7.16. The summed E-state index contributed by atoms with van der Waals surface area (Å²) in [6.45, 7) is 8.36. The second-order valence-electron chi connectivity index (χ2n) is 4.96. The van der Waals surface area contributed by atoms with E-state index < -0.39 is 0 Å². The third kappa shape index (κ3) is 3.52. The van der Waals surface area contributed by atoms with E-state index in [1.54, 1.807) is 0 Å². The number of ether oxygens (including phenoxy) is 1. The first kappa shape index (κ1) is 14.4. The van der Waals surface area contributed by atoms with Crippen LogP contribution in [0.3, 0.4) is 0 Å². The van der Waals surface area contributed by atoms with Crippen molar-refractivity contribution in [3.8, 4) is 0 Å². The number of hydrogen-bond acceptors (Lipinski definition) is 6. The number of aromatic nitrogens is 2. The molecule has 0 saturated carbocycles. The molecule has 1 aliphatic heterocycles. The first-order chi connectivity index (χ1) is 9.28. The molecule has 0 aliphatic carbocycles. The van der Waals surface area contributed by atoms with Crippen LogP contribution in [0.4, 0.5) is 0 Å². The molecule has 0 aromatic carbocycles. The summed E-state index contributed by atoms with van der Waals surface area (Å²) >= 11 is 0. The lowest BCUT2D eigenvalue weighted by Gasteiger charge is -2.30. The summed E-state index contributed by atoms with van der Waals surface area (Å²) in [6.07, 6.45) is 1.96. The zero-order chi connectivity index (χ0) is 13.7. The standard InChI is InChI=1S/C13H24N4O2/c1-3-5-10(8-14)13-15-12(16-19-13)11-9-17(4-2)6-7-18-11/h10-11H,3-9,14H2,1-2H3. The van der Waals surface area contributed by atoms with E-state index in [0.29, 0.717) is 18.3 Å². The highest BCUT2D eigenvalue weighted by atomic mass is 16.5. The molecular formula is C13H24N4O2. The van der Waals surface area contributed by atoms with Crippen molar-refractivity contribution in [2.24, 2.45) is 5.73 Å². The Bertz CT molecular complexity index is 382. The lowest BCUT2D eigenvalue weighted by atomic mass is 10.0. The normalized spacial score (nSPS) is 22.6. The van der Waals surface area contributed by atoms with Gasteiger partial charge in [-0.1, -0.05) is 25.4 Å². The minimum Gasteiger partial charge on any atom is -0.367 e. The molecule has 1 saturated heterocycles. The summed E-state index contributed by atoms with van der Waals surface area (Å²) < 4.78 is 11.1. The van der Waals surface area contributed by atoms with Crippen LogP contribution in [0.25, 0.3) is 0 Å². The van der Waals surface area contributed by atoms with Gasteiger partial charge >= 0.3 is 0 Å². The lowest BCUT2D eigenvalue weighted by Crippen LogP contribution is -2.38. The van der Waals surface area contributed by atoms with Crippen LogP contribution in [-0.2, 0) is 4.74 Å². The molecule has 0 amide bonds. The van der Waals surface area contributed by atoms with E-state index in [1.165, 1.54) is 0 Å². The predicted molar refractivity (Wildman–Crippen MR) is 71.8 cm³/mol. The summed E-state index contributed by atoms with van der Waals surface area (Å²) in [5.41, 5.74) is 5.75. The van der Waals surface area contributed by atoms with E-state index in [0.717, 1.165) is 39.1 Å². The maximum Gasteiger partial charge on any atom is 0.231 e. The molecule has 2 heterocycles. The SMILES string of the molecule is CCCC(CN)c1nc(C2CN(CC)CCO2)no1. The second kappa shape index (κ2) is 6.98. The van der Waals surface area contributed by atoms with Gasteiger partial charge in [0, 0.05) is 19.6 Å². The molecule has 2 atom stereocenters. The van der Waals surface area contributed by atoms with Gasteiger partial charge in [-0.2, -0.15) is 4.98 Å². The van der Waals surface area contributed by atoms with Crippen molar-refractivity contribution in [1.82, 2.24) is 15.0 Å². The average molecular weight is 268 g/mol. The Morgan fingerprint density at radius 2 is 2.32 bits per heavy atom. The summed E-state index contributed by atoms with van der Waals surface area (Å²) in [4.78, 5) is 6.81. The van der Waals surface area contributed by atoms with Crippen LogP contribution < -0.4 is 5.73 Å². The van der Waals surface area contributed by atoms with E-state index in [-0.39, 0.29) is 12.0 Å². The lowest BCUT2D eigenvalue weighted by molar-refractivity contribution is -0.0334. The van der Waals surface area contributed by atoms with Crippen LogP contribution in [0.1, 0.15) is 50.4 Å². The van der Waals surface area contributed by atoms with Crippen LogP contribution in [0.5, 0.6) is 0 Å². The van der Waals surface area contributed by atoms with Gasteiger partial charge in [0.2, 0.25) is 11.7 Å². The largest absolute Gasteiger partial charge is 0.367 e. The van der Waals surface area contributed by atoms with E-state index >= 15 is 0 Å². The Balaban J connectivity index is 2.03. The molecule has 6 nitrogen and oxygen atoms in total. The molecule has 1 fully saturated rings. The van der Waals surface area contributed by atoms with Crippen molar-refractivity contribution in [2.75, 3.05) is 32.8 Å². The van der Waals surface area contributed by atoms with Gasteiger partial charge < -0.3 is 15.0 Å². The smallest absolute Gasteiger partial charge is 0.231 e. The van der Waals surface area contributed by atoms with Crippen LogP contribution in [-0.4, -0.2) is 47.8 Å². The highest BCUT2D eigenvalue weighted by Gasteiger charge is 2.26. The zero-order valence-electron chi connectivity index (χ0n) is 11.8. The fraction of sp³-hybridized carbons (Fsp3) is 0.846. The number of nitrogens with two attached hydrogens (primary N) is 1. The molecule has 2 rings (SSSR count). The van der Waals surface area contributed by atoms with Gasteiger partial charge in [-0.25, -0.2) is 0 Å². The molecule has 2 unspecified atom stereocenters. The average Bonchev–Trinajstić information content (AvgIpc) is 2.94. The molecule has 108 valence electrons. The maximum absolute atomic E-state index is 5.75. The van der Waals surface area contributed by atoms with Gasteiger partial charge in [-0.3, -0.25) is 4.90 Å². The number of nitrogens with zero attached hydrogens (tertiary/aromatic N) is 3. The van der Waals surface area contributed by atoms with Crippen molar-refractivity contribution >= 4 is 0 Å². The fourth-order valence-electron chi connectivity index (χ4n) is 2.38. The molecular weight excluding hydrogens is 244 g/mol. The molecule has 19 heavy (non-hydrogen) atoms. The van der Waals surface area contributed by atoms with Gasteiger partial charge in [-0.15, -0.1) is 0 Å².